The van der Waals surface area contributed by atoms with Crippen molar-refractivity contribution in [2.24, 2.45) is 5.92 Å². The van der Waals surface area contributed by atoms with Gasteiger partial charge in [0.25, 0.3) is 0 Å². The molecule has 0 N–H and O–H groups in total. The largest absolute Gasteiger partial charge is 0.118 e. The molecule has 1 saturated carbocycles. The molecule has 1 heteroatoms. The Morgan fingerprint density at radius 3 is 2.29 bits per heavy atom. The first kappa shape index (κ1) is 13.0. The predicted molar refractivity (Wildman–Crippen MR) is 75.5 cm³/mol. The van der Waals surface area contributed by atoms with Gasteiger partial charge in [0.05, 0.1) is 5.38 Å². The molecule has 2 rings (SSSR count). The van der Waals surface area contributed by atoms with Gasteiger partial charge in [0, 0.05) is 0 Å². The SMILES string of the molecule is ClC(CCC1CCCCCC1)c1ccccc1. The summed E-state index contributed by atoms with van der Waals surface area (Å²) in [6, 6.07) is 10.5. The van der Waals surface area contributed by atoms with Crippen LogP contribution in [0.25, 0.3) is 0 Å². The Morgan fingerprint density at radius 2 is 1.65 bits per heavy atom. The van der Waals surface area contributed by atoms with Crippen molar-refractivity contribution in [3.05, 3.63) is 35.9 Å². The van der Waals surface area contributed by atoms with Crippen LogP contribution in [0, 0.1) is 5.92 Å². The van der Waals surface area contributed by atoms with Gasteiger partial charge in [-0.2, -0.15) is 0 Å². The summed E-state index contributed by atoms with van der Waals surface area (Å²) in [5, 5.41) is 0.208. The molecular formula is C16H23Cl. The molecule has 0 amide bonds. The molecule has 1 aliphatic carbocycles. The number of alkyl halides is 1. The van der Waals surface area contributed by atoms with Crippen molar-refractivity contribution in [2.45, 2.75) is 56.7 Å². The maximum atomic E-state index is 6.47. The maximum Gasteiger partial charge on any atom is 0.0585 e. The van der Waals surface area contributed by atoms with Gasteiger partial charge in [-0.25, -0.2) is 0 Å². The summed E-state index contributed by atoms with van der Waals surface area (Å²) in [6.45, 7) is 0. The first-order valence-electron chi connectivity index (χ1n) is 7.05. The van der Waals surface area contributed by atoms with Gasteiger partial charge in [-0.15, -0.1) is 11.6 Å². The second kappa shape index (κ2) is 7.06. The summed E-state index contributed by atoms with van der Waals surface area (Å²) in [6.07, 6.45) is 11.1. The third kappa shape index (κ3) is 4.35. The van der Waals surface area contributed by atoms with E-state index < -0.39 is 0 Å². The van der Waals surface area contributed by atoms with E-state index in [4.69, 9.17) is 11.6 Å². The summed E-state index contributed by atoms with van der Waals surface area (Å²) in [5.74, 6) is 0.933. The summed E-state index contributed by atoms with van der Waals surface area (Å²) in [5.41, 5.74) is 1.28. The van der Waals surface area contributed by atoms with Gasteiger partial charge < -0.3 is 0 Å². The van der Waals surface area contributed by atoms with Gasteiger partial charge in [-0.3, -0.25) is 0 Å². The van der Waals surface area contributed by atoms with Gasteiger partial charge in [-0.05, 0) is 24.3 Å². The first-order valence-corrected chi connectivity index (χ1v) is 7.49. The number of rotatable bonds is 4. The smallest absolute Gasteiger partial charge is 0.0585 e. The van der Waals surface area contributed by atoms with Crippen LogP contribution in [0.3, 0.4) is 0 Å². The molecule has 1 atom stereocenters. The molecule has 0 nitrogen and oxygen atoms in total. The monoisotopic (exact) mass is 250 g/mol. The highest BCUT2D eigenvalue weighted by molar-refractivity contribution is 6.20. The molecule has 0 radical (unpaired) electrons. The van der Waals surface area contributed by atoms with E-state index >= 15 is 0 Å². The van der Waals surface area contributed by atoms with Gasteiger partial charge >= 0.3 is 0 Å². The minimum atomic E-state index is 0.208. The number of benzene rings is 1. The highest BCUT2D eigenvalue weighted by Gasteiger charge is 2.15. The van der Waals surface area contributed by atoms with Crippen LogP contribution >= 0.6 is 11.6 Å². The molecule has 1 aromatic rings. The molecule has 0 heterocycles. The second-order valence-corrected chi connectivity index (χ2v) is 5.84. The topological polar surface area (TPSA) is 0 Å². The van der Waals surface area contributed by atoms with Gasteiger partial charge in [0.15, 0.2) is 0 Å². The lowest BCUT2D eigenvalue weighted by atomic mass is 9.93. The van der Waals surface area contributed by atoms with Crippen molar-refractivity contribution in [1.29, 1.82) is 0 Å². The Labute approximate surface area is 110 Å². The molecule has 0 bridgehead atoms. The number of hydrogen-bond donors (Lipinski definition) is 0. The zero-order chi connectivity index (χ0) is 11.9. The van der Waals surface area contributed by atoms with E-state index in [0.717, 1.165) is 12.3 Å². The summed E-state index contributed by atoms with van der Waals surface area (Å²) in [7, 11) is 0. The van der Waals surface area contributed by atoms with Crippen LogP contribution in [0.5, 0.6) is 0 Å². The summed E-state index contributed by atoms with van der Waals surface area (Å²) >= 11 is 6.47. The van der Waals surface area contributed by atoms with Gasteiger partial charge in [0.1, 0.15) is 0 Å². The third-order valence-electron chi connectivity index (χ3n) is 3.96. The number of halogens is 1. The molecular weight excluding hydrogens is 228 g/mol. The van der Waals surface area contributed by atoms with E-state index in [2.05, 4.69) is 30.3 Å². The first-order chi connectivity index (χ1) is 8.36. The fourth-order valence-corrected chi connectivity index (χ4v) is 3.13. The van der Waals surface area contributed by atoms with E-state index in [1.165, 1.54) is 50.5 Å². The quantitative estimate of drug-likeness (QED) is 0.474. The minimum absolute atomic E-state index is 0.208. The van der Waals surface area contributed by atoms with Crippen LogP contribution in [0.4, 0.5) is 0 Å². The molecule has 17 heavy (non-hydrogen) atoms. The average Bonchev–Trinajstić information content (AvgIpc) is 2.65. The normalized spacial score (nSPS) is 19.8. The van der Waals surface area contributed by atoms with Gasteiger partial charge in [-0.1, -0.05) is 68.9 Å². The molecule has 0 aliphatic heterocycles. The van der Waals surface area contributed by atoms with Crippen molar-refractivity contribution < 1.29 is 0 Å². The Bertz CT molecular complexity index is 299. The second-order valence-electron chi connectivity index (χ2n) is 5.31. The lowest BCUT2D eigenvalue weighted by Gasteiger charge is -2.16. The zero-order valence-electron chi connectivity index (χ0n) is 10.6. The molecule has 1 aliphatic rings. The molecule has 94 valence electrons. The molecule has 1 aromatic carbocycles. The van der Waals surface area contributed by atoms with Gasteiger partial charge in [0.2, 0.25) is 0 Å². The van der Waals surface area contributed by atoms with Crippen LogP contribution < -0.4 is 0 Å². The Morgan fingerprint density at radius 1 is 1.00 bits per heavy atom. The zero-order valence-corrected chi connectivity index (χ0v) is 11.3. The Hall–Kier alpha value is -0.490. The minimum Gasteiger partial charge on any atom is -0.118 e. The van der Waals surface area contributed by atoms with Crippen LogP contribution in [0.15, 0.2) is 30.3 Å². The van der Waals surface area contributed by atoms with E-state index in [9.17, 15) is 0 Å². The van der Waals surface area contributed by atoms with Crippen molar-refractivity contribution in [2.75, 3.05) is 0 Å². The fourth-order valence-electron chi connectivity index (χ4n) is 2.86. The van der Waals surface area contributed by atoms with E-state index in [0.29, 0.717) is 0 Å². The molecule has 0 aromatic heterocycles. The molecule has 0 saturated heterocycles. The molecule has 1 fully saturated rings. The van der Waals surface area contributed by atoms with E-state index in [1.807, 2.05) is 0 Å². The maximum absolute atomic E-state index is 6.47. The van der Waals surface area contributed by atoms with Crippen LogP contribution in [-0.2, 0) is 0 Å². The van der Waals surface area contributed by atoms with Crippen LogP contribution in [0.1, 0.15) is 62.3 Å². The van der Waals surface area contributed by atoms with Crippen molar-refractivity contribution in [1.82, 2.24) is 0 Å². The van der Waals surface area contributed by atoms with Crippen LogP contribution in [0.2, 0.25) is 0 Å². The Balaban J connectivity index is 1.77. The molecule has 1 unspecified atom stereocenters. The summed E-state index contributed by atoms with van der Waals surface area (Å²) in [4.78, 5) is 0. The van der Waals surface area contributed by atoms with Crippen molar-refractivity contribution in [3.63, 3.8) is 0 Å². The Kier molecular flexibility index (Phi) is 5.38. The average molecular weight is 251 g/mol. The van der Waals surface area contributed by atoms with Crippen molar-refractivity contribution in [3.8, 4) is 0 Å². The lowest BCUT2D eigenvalue weighted by Crippen LogP contribution is -2.01. The highest BCUT2D eigenvalue weighted by Crippen LogP contribution is 2.32. The fraction of sp³-hybridized carbons (Fsp3) is 0.625. The van der Waals surface area contributed by atoms with Crippen LogP contribution in [-0.4, -0.2) is 0 Å². The van der Waals surface area contributed by atoms with E-state index in [1.54, 1.807) is 0 Å². The van der Waals surface area contributed by atoms with E-state index in [-0.39, 0.29) is 5.38 Å². The van der Waals surface area contributed by atoms with Crippen molar-refractivity contribution >= 4 is 11.6 Å². The standard InChI is InChI=1S/C16H23Cl/c17-16(15-10-6-3-7-11-15)13-12-14-8-4-1-2-5-9-14/h3,6-7,10-11,14,16H,1-2,4-5,8-9,12-13H2. The molecule has 0 spiro atoms. The number of hydrogen-bond acceptors (Lipinski definition) is 0. The lowest BCUT2D eigenvalue weighted by molar-refractivity contribution is 0.413. The highest BCUT2D eigenvalue weighted by atomic mass is 35.5. The third-order valence-corrected chi connectivity index (χ3v) is 4.43. The predicted octanol–water partition coefficient (Wildman–Crippen LogP) is 5.72. The summed E-state index contributed by atoms with van der Waals surface area (Å²) < 4.78 is 0.